The number of pyridine rings is 1. The van der Waals surface area contributed by atoms with Gasteiger partial charge in [0.25, 0.3) is 11.5 Å². The Morgan fingerprint density at radius 1 is 1.50 bits per heavy atom. The Morgan fingerprint density at radius 2 is 2.28 bits per heavy atom. The number of aryl methyl sites for hydroxylation is 1. The summed E-state index contributed by atoms with van der Waals surface area (Å²) in [5.74, 6) is -0.370. The number of carbonyl (C=O) groups excluding carboxylic acids is 1. The van der Waals surface area contributed by atoms with Gasteiger partial charge in [-0.1, -0.05) is 13.0 Å². The average molecular weight is 245 g/mol. The van der Waals surface area contributed by atoms with Gasteiger partial charge in [-0.25, -0.2) is 4.98 Å². The molecule has 1 amide bonds. The summed E-state index contributed by atoms with van der Waals surface area (Å²) < 4.78 is 1.40. The molecule has 0 atom stereocenters. The summed E-state index contributed by atoms with van der Waals surface area (Å²) in [5.41, 5.74) is 1.22. The Bertz CT molecular complexity index is 646. The molecule has 0 aliphatic carbocycles. The van der Waals surface area contributed by atoms with Crippen molar-refractivity contribution in [1.29, 1.82) is 0 Å². The largest absolute Gasteiger partial charge is 0.352 e. The lowest BCUT2D eigenvalue weighted by Crippen LogP contribution is -2.32. The van der Waals surface area contributed by atoms with E-state index >= 15 is 0 Å². The van der Waals surface area contributed by atoms with Crippen molar-refractivity contribution in [2.75, 3.05) is 6.54 Å². The van der Waals surface area contributed by atoms with E-state index in [-0.39, 0.29) is 17.0 Å². The highest BCUT2D eigenvalue weighted by atomic mass is 16.2. The Hall–Kier alpha value is -2.17. The van der Waals surface area contributed by atoms with Gasteiger partial charge in [0.15, 0.2) is 0 Å². The van der Waals surface area contributed by atoms with Crippen LogP contribution >= 0.6 is 0 Å². The molecule has 0 radical (unpaired) electrons. The van der Waals surface area contributed by atoms with E-state index in [2.05, 4.69) is 10.3 Å². The summed E-state index contributed by atoms with van der Waals surface area (Å²) in [4.78, 5) is 28.1. The molecule has 5 nitrogen and oxygen atoms in total. The van der Waals surface area contributed by atoms with Gasteiger partial charge in [0.1, 0.15) is 11.2 Å². The van der Waals surface area contributed by atoms with Gasteiger partial charge in [-0.2, -0.15) is 0 Å². The van der Waals surface area contributed by atoms with Gasteiger partial charge >= 0.3 is 0 Å². The molecule has 0 aliphatic rings. The maximum atomic E-state index is 12.1. The molecule has 0 saturated carbocycles. The van der Waals surface area contributed by atoms with Crippen LogP contribution in [0, 0.1) is 6.92 Å². The fourth-order valence-corrected chi connectivity index (χ4v) is 1.74. The summed E-state index contributed by atoms with van der Waals surface area (Å²) >= 11 is 0. The summed E-state index contributed by atoms with van der Waals surface area (Å²) in [6.45, 7) is 4.38. The van der Waals surface area contributed by atoms with Gasteiger partial charge in [0.2, 0.25) is 0 Å². The van der Waals surface area contributed by atoms with Gasteiger partial charge in [0.05, 0.1) is 0 Å². The van der Waals surface area contributed by atoms with Crippen molar-refractivity contribution >= 4 is 11.6 Å². The first-order chi connectivity index (χ1) is 8.65. The molecular weight excluding hydrogens is 230 g/mol. The highest BCUT2D eigenvalue weighted by Crippen LogP contribution is 2.04. The number of aromatic nitrogens is 2. The minimum atomic E-state index is -0.370. The van der Waals surface area contributed by atoms with Crippen molar-refractivity contribution in [1.82, 2.24) is 14.7 Å². The maximum absolute atomic E-state index is 12.1. The Morgan fingerprint density at radius 3 is 3.00 bits per heavy atom. The first kappa shape index (κ1) is 12.3. The van der Waals surface area contributed by atoms with E-state index < -0.39 is 0 Å². The summed E-state index contributed by atoms with van der Waals surface area (Å²) in [7, 11) is 0. The molecule has 18 heavy (non-hydrogen) atoms. The van der Waals surface area contributed by atoms with Gasteiger partial charge in [-0.3, -0.25) is 14.0 Å². The van der Waals surface area contributed by atoms with Crippen molar-refractivity contribution in [3.8, 4) is 0 Å². The van der Waals surface area contributed by atoms with Crippen LogP contribution in [0.5, 0.6) is 0 Å². The highest BCUT2D eigenvalue weighted by Gasteiger charge is 2.12. The maximum Gasteiger partial charge on any atom is 0.270 e. The van der Waals surface area contributed by atoms with Crippen molar-refractivity contribution in [3.63, 3.8) is 0 Å². The minimum Gasteiger partial charge on any atom is -0.352 e. The molecule has 0 fully saturated rings. The Balaban J connectivity index is 2.52. The van der Waals surface area contributed by atoms with E-state index in [0.29, 0.717) is 12.2 Å². The second kappa shape index (κ2) is 5.00. The van der Waals surface area contributed by atoms with Crippen LogP contribution in [0.25, 0.3) is 5.65 Å². The van der Waals surface area contributed by atoms with Gasteiger partial charge in [-0.15, -0.1) is 0 Å². The molecule has 2 rings (SSSR count). The van der Waals surface area contributed by atoms with E-state index in [0.717, 1.165) is 12.0 Å². The van der Waals surface area contributed by atoms with E-state index in [1.165, 1.54) is 10.6 Å². The van der Waals surface area contributed by atoms with Gasteiger partial charge in [-0.05, 0) is 25.0 Å². The summed E-state index contributed by atoms with van der Waals surface area (Å²) in [6, 6.07) is 3.64. The molecular formula is C13H15N3O2. The van der Waals surface area contributed by atoms with Crippen molar-refractivity contribution in [2.24, 2.45) is 0 Å². The Kier molecular flexibility index (Phi) is 3.41. The number of carbonyl (C=O) groups is 1. The molecule has 0 unspecified atom stereocenters. The predicted molar refractivity (Wildman–Crippen MR) is 68.8 cm³/mol. The molecule has 0 saturated heterocycles. The monoisotopic (exact) mass is 245 g/mol. The standard InChI is InChI=1S/C13H15N3O2/c1-3-6-14-12(17)10-8-15-11-9(2)5-4-7-16(11)13(10)18/h4-5,7-8H,3,6H2,1-2H3,(H,14,17). The fraction of sp³-hybridized carbons (Fsp3) is 0.308. The third-order valence-corrected chi connectivity index (χ3v) is 2.71. The topological polar surface area (TPSA) is 63.5 Å². The number of hydrogen-bond acceptors (Lipinski definition) is 3. The number of hydrogen-bond donors (Lipinski definition) is 1. The molecule has 5 heteroatoms. The zero-order valence-electron chi connectivity index (χ0n) is 10.4. The third kappa shape index (κ3) is 2.11. The van der Waals surface area contributed by atoms with Crippen molar-refractivity contribution < 1.29 is 4.79 Å². The number of rotatable bonds is 3. The first-order valence-electron chi connectivity index (χ1n) is 5.90. The zero-order valence-corrected chi connectivity index (χ0v) is 10.4. The van der Waals surface area contributed by atoms with Crippen LogP contribution in [0.15, 0.2) is 29.3 Å². The van der Waals surface area contributed by atoms with E-state index in [9.17, 15) is 9.59 Å². The second-order valence-corrected chi connectivity index (χ2v) is 4.12. The molecule has 1 N–H and O–H groups in total. The lowest BCUT2D eigenvalue weighted by Gasteiger charge is -2.06. The smallest absolute Gasteiger partial charge is 0.270 e. The molecule has 0 spiro atoms. The molecule has 2 heterocycles. The summed E-state index contributed by atoms with van der Waals surface area (Å²) in [5, 5.41) is 2.68. The van der Waals surface area contributed by atoms with E-state index in [1.54, 1.807) is 12.3 Å². The van der Waals surface area contributed by atoms with Gasteiger partial charge in [0, 0.05) is 18.9 Å². The van der Waals surface area contributed by atoms with Crippen molar-refractivity contribution in [3.05, 3.63) is 46.0 Å². The number of nitrogens with zero attached hydrogens (tertiary/aromatic N) is 2. The Labute approximate surface area is 104 Å². The van der Waals surface area contributed by atoms with Gasteiger partial charge < -0.3 is 5.32 Å². The molecule has 94 valence electrons. The molecule has 0 aliphatic heterocycles. The summed E-state index contributed by atoms with van der Waals surface area (Å²) in [6.07, 6.45) is 3.79. The second-order valence-electron chi connectivity index (χ2n) is 4.12. The third-order valence-electron chi connectivity index (χ3n) is 2.71. The lowest BCUT2D eigenvalue weighted by molar-refractivity contribution is 0.0951. The minimum absolute atomic E-state index is 0.0755. The number of nitrogens with one attached hydrogen (secondary N) is 1. The molecule has 2 aromatic heterocycles. The van der Waals surface area contributed by atoms with Crippen LogP contribution in [0.4, 0.5) is 0 Å². The van der Waals surface area contributed by atoms with E-state index in [1.807, 2.05) is 19.9 Å². The normalized spacial score (nSPS) is 10.6. The molecule has 0 bridgehead atoms. The van der Waals surface area contributed by atoms with E-state index in [4.69, 9.17) is 0 Å². The quantitative estimate of drug-likeness (QED) is 0.882. The molecule has 2 aromatic rings. The van der Waals surface area contributed by atoms with Crippen molar-refractivity contribution in [2.45, 2.75) is 20.3 Å². The molecule has 0 aromatic carbocycles. The SMILES string of the molecule is CCCNC(=O)c1cnc2c(C)cccn2c1=O. The predicted octanol–water partition coefficient (Wildman–Crippen LogP) is 1.14. The van der Waals surface area contributed by atoms with Crippen LogP contribution in [0.1, 0.15) is 29.3 Å². The van der Waals surface area contributed by atoms with Crippen LogP contribution in [0.3, 0.4) is 0 Å². The number of fused-ring (bicyclic) bond motifs is 1. The average Bonchev–Trinajstić information content (AvgIpc) is 2.37. The van der Waals surface area contributed by atoms with Crippen LogP contribution < -0.4 is 10.9 Å². The highest BCUT2D eigenvalue weighted by molar-refractivity contribution is 5.93. The lowest BCUT2D eigenvalue weighted by atomic mass is 10.2. The first-order valence-corrected chi connectivity index (χ1v) is 5.90. The zero-order chi connectivity index (χ0) is 13.1. The number of amides is 1. The fourth-order valence-electron chi connectivity index (χ4n) is 1.74. The van der Waals surface area contributed by atoms with Crippen LogP contribution in [-0.2, 0) is 0 Å². The van der Waals surface area contributed by atoms with Crippen LogP contribution in [-0.4, -0.2) is 21.8 Å². The van der Waals surface area contributed by atoms with Crippen LogP contribution in [0.2, 0.25) is 0 Å².